The molecule has 0 N–H and O–H groups in total. The van der Waals surface area contributed by atoms with E-state index >= 15 is 0 Å². The Labute approximate surface area is 149 Å². The van der Waals surface area contributed by atoms with Crippen LogP contribution in [0.1, 0.15) is 57.0 Å². The molecule has 3 heterocycles. The van der Waals surface area contributed by atoms with Crippen molar-refractivity contribution in [3.63, 3.8) is 0 Å². The van der Waals surface area contributed by atoms with Crippen molar-refractivity contribution >= 4 is 0 Å². The van der Waals surface area contributed by atoms with Crippen LogP contribution in [0.15, 0.2) is 15.1 Å². The molecule has 1 saturated heterocycles. The maximum Gasteiger partial charge on any atom is 0.223 e. The molecule has 0 aliphatic carbocycles. The monoisotopic (exact) mass is 347 g/mol. The maximum absolute atomic E-state index is 5.94. The lowest BCUT2D eigenvalue weighted by Gasteiger charge is -2.36. The summed E-state index contributed by atoms with van der Waals surface area (Å²) in [5.41, 5.74) is -0.00577. The maximum atomic E-state index is 5.94. The lowest BCUT2D eigenvalue weighted by Crippen LogP contribution is -2.45. The summed E-state index contributed by atoms with van der Waals surface area (Å²) >= 11 is 0. The Morgan fingerprint density at radius 1 is 1.36 bits per heavy atom. The third kappa shape index (κ3) is 4.67. The molecule has 1 unspecified atom stereocenters. The zero-order valence-corrected chi connectivity index (χ0v) is 15.9. The van der Waals surface area contributed by atoms with Crippen molar-refractivity contribution in [2.24, 2.45) is 0 Å². The zero-order valence-electron chi connectivity index (χ0n) is 15.9. The van der Waals surface area contributed by atoms with Crippen LogP contribution in [0.25, 0.3) is 0 Å². The van der Waals surface area contributed by atoms with Crippen LogP contribution in [0, 0.1) is 6.92 Å². The van der Waals surface area contributed by atoms with Gasteiger partial charge in [0.2, 0.25) is 11.8 Å². The number of oxazole rings is 1. The first-order valence-corrected chi connectivity index (χ1v) is 8.98. The van der Waals surface area contributed by atoms with Gasteiger partial charge >= 0.3 is 0 Å². The Balaban J connectivity index is 1.56. The predicted molar refractivity (Wildman–Crippen MR) is 94.0 cm³/mol. The molecule has 1 atom stereocenters. The normalized spacial score (nSPS) is 19.7. The van der Waals surface area contributed by atoms with Crippen molar-refractivity contribution in [2.45, 2.75) is 65.1 Å². The van der Waals surface area contributed by atoms with Gasteiger partial charge in [0.05, 0.1) is 19.3 Å². The molecule has 0 amide bonds. The van der Waals surface area contributed by atoms with Crippen LogP contribution >= 0.6 is 0 Å². The van der Waals surface area contributed by atoms with Gasteiger partial charge in [-0.3, -0.25) is 9.80 Å². The highest BCUT2D eigenvalue weighted by Gasteiger charge is 2.26. The fourth-order valence-electron chi connectivity index (χ4n) is 3.21. The second kappa shape index (κ2) is 7.25. The van der Waals surface area contributed by atoms with Crippen LogP contribution in [0.5, 0.6) is 0 Å². The number of hydrogen-bond acceptors (Lipinski definition) is 7. The van der Waals surface area contributed by atoms with Gasteiger partial charge in [0.15, 0.2) is 5.82 Å². The summed E-state index contributed by atoms with van der Waals surface area (Å²) in [7, 11) is 2.15. The van der Waals surface area contributed by atoms with E-state index in [1.54, 1.807) is 0 Å². The molecule has 138 valence electrons. The van der Waals surface area contributed by atoms with Crippen LogP contribution in [0.4, 0.5) is 0 Å². The van der Waals surface area contributed by atoms with E-state index < -0.39 is 0 Å². The van der Waals surface area contributed by atoms with Gasteiger partial charge in [-0.15, -0.1) is 0 Å². The molecule has 0 aromatic carbocycles. The van der Waals surface area contributed by atoms with Crippen LogP contribution in [0.2, 0.25) is 0 Å². The van der Waals surface area contributed by atoms with Gasteiger partial charge in [-0.25, -0.2) is 4.98 Å². The predicted octanol–water partition coefficient (Wildman–Crippen LogP) is 2.76. The van der Waals surface area contributed by atoms with Crippen molar-refractivity contribution in [3.8, 4) is 0 Å². The van der Waals surface area contributed by atoms with Crippen LogP contribution in [0.3, 0.4) is 0 Å². The summed E-state index contributed by atoms with van der Waals surface area (Å²) in [6, 6.07) is 0.478. The zero-order chi connectivity index (χ0) is 18.0. The Morgan fingerprint density at radius 3 is 2.80 bits per heavy atom. The topological polar surface area (TPSA) is 71.4 Å². The summed E-state index contributed by atoms with van der Waals surface area (Å²) in [4.78, 5) is 13.5. The molecule has 2 aromatic heterocycles. The summed E-state index contributed by atoms with van der Waals surface area (Å²) in [6.45, 7) is 11.8. The third-order valence-electron chi connectivity index (χ3n) is 4.72. The van der Waals surface area contributed by atoms with E-state index in [0.717, 1.165) is 43.7 Å². The standard InChI is InChI=1S/C18H29N5O2/c1-13-20-16(21-25-13)11-23-8-6-7-14(10-23)22(5)12-17-19-9-15(24-17)18(2,3)4/h9,14H,6-8,10-12H2,1-5H3. The fourth-order valence-corrected chi connectivity index (χ4v) is 3.21. The molecule has 1 aliphatic heterocycles. The van der Waals surface area contributed by atoms with Crippen molar-refractivity contribution in [2.75, 3.05) is 20.1 Å². The average molecular weight is 347 g/mol. The lowest BCUT2D eigenvalue weighted by molar-refractivity contribution is 0.0982. The molecular weight excluding hydrogens is 318 g/mol. The van der Waals surface area contributed by atoms with Gasteiger partial charge in [-0.1, -0.05) is 25.9 Å². The molecule has 2 aromatic rings. The van der Waals surface area contributed by atoms with Gasteiger partial charge in [-0.05, 0) is 26.4 Å². The summed E-state index contributed by atoms with van der Waals surface area (Å²) < 4.78 is 11.0. The SMILES string of the molecule is Cc1nc(CN2CCCC(N(C)Cc3ncc(C(C)(C)C)o3)C2)no1. The van der Waals surface area contributed by atoms with E-state index in [2.05, 4.69) is 52.7 Å². The Kier molecular flexibility index (Phi) is 5.24. The smallest absolute Gasteiger partial charge is 0.223 e. The highest BCUT2D eigenvalue weighted by Crippen LogP contribution is 2.24. The van der Waals surface area contributed by atoms with Crippen LogP contribution in [-0.2, 0) is 18.5 Å². The molecule has 0 spiro atoms. The molecule has 0 radical (unpaired) electrons. The van der Waals surface area contributed by atoms with Gasteiger partial charge in [-0.2, -0.15) is 4.98 Å². The first-order chi connectivity index (χ1) is 11.8. The summed E-state index contributed by atoms with van der Waals surface area (Å²) in [5.74, 6) is 3.12. The number of aromatic nitrogens is 3. The quantitative estimate of drug-likeness (QED) is 0.823. The Bertz CT molecular complexity index is 688. The number of aryl methyl sites for hydroxylation is 1. The van der Waals surface area contributed by atoms with Gasteiger partial charge < -0.3 is 8.94 Å². The highest BCUT2D eigenvalue weighted by atomic mass is 16.5. The van der Waals surface area contributed by atoms with Crippen LogP contribution in [-0.4, -0.2) is 51.1 Å². The molecule has 0 saturated carbocycles. The van der Waals surface area contributed by atoms with E-state index in [0.29, 0.717) is 11.9 Å². The molecule has 1 fully saturated rings. The van der Waals surface area contributed by atoms with E-state index in [4.69, 9.17) is 8.94 Å². The summed E-state index contributed by atoms with van der Waals surface area (Å²) in [6.07, 6.45) is 4.21. The molecule has 25 heavy (non-hydrogen) atoms. The summed E-state index contributed by atoms with van der Waals surface area (Å²) in [5, 5.41) is 4.01. The van der Waals surface area contributed by atoms with Crippen molar-refractivity contribution < 1.29 is 8.94 Å². The van der Waals surface area contributed by atoms with Crippen molar-refractivity contribution in [3.05, 3.63) is 29.6 Å². The molecular formula is C18H29N5O2. The van der Waals surface area contributed by atoms with Gasteiger partial charge in [0.1, 0.15) is 5.76 Å². The Hall–Kier alpha value is -1.73. The first kappa shape index (κ1) is 18.1. The molecule has 3 rings (SSSR count). The van der Waals surface area contributed by atoms with E-state index in [-0.39, 0.29) is 5.41 Å². The van der Waals surface area contributed by atoms with E-state index in [1.165, 1.54) is 12.8 Å². The number of piperidine rings is 1. The average Bonchev–Trinajstić information content (AvgIpc) is 3.16. The van der Waals surface area contributed by atoms with Gasteiger partial charge in [0.25, 0.3) is 0 Å². The molecule has 1 aliphatic rings. The minimum Gasteiger partial charge on any atom is -0.444 e. The lowest BCUT2D eigenvalue weighted by atomic mass is 9.94. The fraction of sp³-hybridized carbons (Fsp3) is 0.722. The highest BCUT2D eigenvalue weighted by molar-refractivity contribution is 5.06. The van der Waals surface area contributed by atoms with Crippen molar-refractivity contribution in [1.29, 1.82) is 0 Å². The minimum atomic E-state index is -0.00577. The second-order valence-corrected chi connectivity index (χ2v) is 8.04. The van der Waals surface area contributed by atoms with Crippen LogP contribution < -0.4 is 0 Å². The number of nitrogens with zero attached hydrogens (tertiary/aromatic N) is 5. The number of hydrogen-bond donors (Lipinski definition) is 0. The van der Waals surface area contributed by atoms with Crippen molar-refractivity contribution in [1.82, 2.24) is 24.9 Å². The molecule has 7 nitrogen and oxygen atoms in total. The first-order valence-electron chi connectivity index (χ1n) is 8.98. The number of likely N-dealkylation sites (tertiary alicyclic amines) is 1. The largest absolute Gasteiger partial charge is 0.444 e. The van der Waals surface area contributed by atoms with E-state index in [1.807, 2.05) is 13.1 Å². The van der Waals surface area contributed by atoms with Gasteiger partial charge in [0, 0.05) is 24.9 Å². The van der Waals surface area contributed by atoms with E-state index in [9.17, 15) is 0 Å². The number of likely N-dealkylation sites (N-methyl/N-ethyl adjacent to an activating group) is 1. The third-order valence-corrected chi connectivity index (χ3v) is 4.72. The second-order valence-electron chi connectivity index (χ2n) is 8.04. The number of rotatable bonds is 5. The Morgan fingerprint density at radius 2 is 2.16 bits per heavy atom. The molecule has 7 heteroatoms. The molecule has 0 bridgehead atoms. The minimum absolute atomic E-state index is 0.00577.